The molecule has 26 heteroatoms. The Balaban J connectivity index is 0.000000181. The van der Waals surface area contributed by atoms with Crippen LogP contribution in [0.2, 0.25) is 11.6 Å². The van der Waals surface area contributed by atoms with Crippen LogP contribution in [-0.4, -0.2) is 108 Å². The van der Waals surface area contributed by atoms with Crippen molar-refractivity contribution in [3.05, 3.63) is 92.4 Å². The number of carbonyl (C=O) groups is 4. The van der Waals surface area contributed by atoms with Crippen molar-refractivity contribution in [2.45, 2.75) is 63.2 Å². The maximum Gasteiger partial charge on any atom is 0.526 e. The highest BCUT2D eigenvalue weighted by molar-refractivity contribution is 7.13. The Labute approximate surface area is 347 Å². The molecule has 0 spiro atoms. The van der Waals surface area contributed by atoms with Gasteiger partial charge >= 0.3 is 26.2 Å². The van der Waals surface area contributed by atoms with Gasteiger partial charge in [0.1, 0.15) is 29.6 Å². The average molecular weight is 856 g/mol. The molecule has 0 fully saturated rings. The van der Waals surface area contributed by atoms with Gasteiger partial charge in [0.05, 0.1) is 41.9 Å². The predicted octanol–water partition coefficient (Wildman–Crippen LogP) is 0.892. The number of Topliss-reactive ketones (excluding diaryl/α,β-unsaturated/α-hetero) is 2. The lowest BCUT2D eigenvalue weighted by molar-refractivity contribution is -0.119. The van der Waals surface area contributed by atoms with Crippen LogP contribution in [0.4, 0.5) is 10.3 Å². The van der Waals surface area contributed by atoms with Crippen LogP contribution in [0.25, 0.3) is 0 Å². The number of carbonyl (C=O) groups excluding carboxylic acids is 2. The molecule has 2 aliphatic heterocycles. The van der Waals surface area contributed by atoms with Crippen LogP contribution in [0, 0.1) is 0 Å². The number of rotatable bonds is 14. The fourth-order valence-corrected chi connectivity index (χ4v) is 7.82. The van der Waals surface area contributed by atoms with Crippen LogP contribution >= 0.6 is 22.7 Å². The summed E-state index contributed by atoms with van der Waals surface area (Å²) in [5.74, 6) is -2.69. The van der Waals surface area contributed by atoms with Gasteiger partial charge in [-0.25, -0.2) is 24.2 Å². The summed E-state index contributed by atoms with van der Waals surface area (Å²) in [6.07, 6.45) is 0.674. The molecule has 0 aliphatic carbocycles. The number of nitrogens with zero attached hydrogens (tertiary/aromatic N) is 10. The van der Waals surface area contributed by atoms with E-state index in [-0.39, 0.29) is 65.7 Å². The molecule has 2 aromatic carbocycles. The number of carboxylic acids is 2. The van der Waals surface area contributed by atoms with Crippen molar-refractivity contribution < 1.29 is 48.7 Å². The van der Waals surface area contributed by atoms with Crippen molar-refractivity contribution in [2.75, 3.05) is 11.5 Å². The van der Waals surface area contributed by atoms with E-state index in [9.17, 15) is 39.4 Å². The standard InChI is InChI=1S/2C17H17BN6O5S/c19-17-20-11(8-30-17)7-24-14(21-22-23-24)6-12(25)5-10-4-9-2-1-3-13(16(26)27)15(9)29-18(10)28;19-17-20-11(8-30-17)7-24-22-14(21-23-24)6-12(25)5-10-4-9-2-1-3-13(16(26)27)15(9)29-18(10)28/h2*1-3,8,10,28H,4-7H2,(H2,19,20)(H,26,27)/t2*10-/m11/s1. The predicted molar refractivity (Wildman–Crippen MR) is 212 cm³/mol. The van der Waals surface area contributed by atoms with Gasteiger partial charge in [0.25, 0.3) is 0 Å². The van der Waals surface area contributed by atoms with Crippen molar-refractivity contribution in [3.8, 4) is 11.5 Å². The molecule has 2 atom stereocenters. The zero-order valence-electron chi connectivity index (χ0n) is 31.3. The molecule has 6 heterocycles. The summed E-state index contributed by atoms with van der Waals surface area (Å²) in [6.45, 7) is 0.594. The summed E-state index contributed by atoms with van der Waals surface area (Å²) in [5.41, 5.74) is 13.9. The van der Waals surface area contributed by atoms with Crippen LogP contribution in [0.15, 0.2) is 47.2 Å². The minimum absolute atomic E-state index is 0.0148. The third-order valence-corrected chi connectivity index (χ3v) is 10.9. The third-order valence-electron chi connectivity index (χ3n) is 9.45. The SMILES string of the molecule is Nc1nc(Cn2nnc(CC(=O)C[C@H]3Cc4cccc(C(=O)O)c4OB3O)n2)cs1.Nc1nc(Cn2nnnc2CC(=O)C[C@H]2Cc3cccc(C(=O)O)c3OB2O)cs1. The first-order valence-corrected chi connectivity index (χ1v) is 19.9. The third kappa shape index (κ3) is 9.96. The monoisotopic (exact) mass is 856 g/mol. The van der Waals surface area contributed by atoms with E-state index in [1.807, 2.05) is 0 Å². The Hall–Kier alpha value is -6.63. The number of benzene rings is 2. The first kappa shape index (κ1) is 41.5. The Morgan fingerprint density at radius 3 is 1.80 bits per heavy atom. The number of thiazole rings is 2. The fourth-order valence-electron chi connectivity index (χ4n) is 6.71. The Kier molecular flexibility index (Phi) is 12.5. The number of fused-ring (bicyclic) bond motifs is 2. The number of nitrogen functional groups attached to an aromatic ring is 2. The number of anilines is 2. The molecule has 8 N–H and O–H groups in total. The average Bonchev–Trinajstić information content (AvgIpc) is 4.02. The molecule has 4 aromatic heterocycles. The Morgan fingerprint density at radius 2 is 1.28 bits per heavy atom. The topological polar surface area (TPSA) is 333 Å². The number of nitrogens with two attached hydrogens (primary N) is 2. The number of tetrazole rings is 2. The van der Waals surface area contributed by atoms with Gasteiger partial charge in [-0.05, 0) is 51.7 Å². The van der Waals surface area contributed by atoms with Gasteiger partial charge in [0, 0.05) is 35.2 Å². The summed E-state index contributed by atoms with van der Waals surface area (Å²) < 4.78 is 12.3. The van der Waals surface area contributed by atoms with E-state index in [0.29, 0.717) is 64.5 Å². The number of hydrogen-bond donors (Lipinski definition) is 6. The number of hydrogen-bond acceptors (Lipinski definition) is 20. The molecule has 0 radical (unpaired) electrons. The lowest BCUT2D eigenvalue weighted by atomic mass is 9.64. The summed E-state index contributed by atoms with van der Waals surface area (Å²) in [4.78, 5) is 57.3. The van der Waals surface area contributed by atoms with Gasteiger partial charge in [-0.2, -0.15) is 4.80 Å². The first-order chi connectivity index (χ1) is 28.8. The molecular formula is C34H34B2N12O10S2. The molecule has 308 valence electrons. The number of aromatic nitrogens is 10. The van der Waals surface area contributed by atoms with E-state index in [1.54, 1.807) is 35.0 Å². The van der Waals surface area contributed by atoms with E-state index < -0.39 is 37.8 Å². The Morgan fingerprint density at radius 1 is 0.750 bits per heavy atom. The largest absolute Gasteiger partial charge is 0.535 e. The second-order valence-electron chi connectivity index (χ2n) is 13.8. The van der Waals surface area contributed by atoms with Crippen molar-refractivity contribution >= 4 is 70.7 Å². The van der Waals surface area contributed by atoms with Crippen LogP contribution in [0.1, 0.15) is 67.7 Å². The van der Waals surface area contributed by atoms with Gasteiger partial charge in [-0.15, -0.1) is 38.0 Å². The summed E-state index contributed by atoms with van der Waals surface area (Å²) >= 11 is 2.62. The maximum atomic E-state index is 12.6. The fraction of sp³-hybridized carbons (Fsp3) is 0.294. The summed E-state index contributed by atoms with van der Waals surface area (Å²) in [7, 11) is -2.56. The second kappa shape index (κ2) is 18.1. The van der Waals surface area contributed by atoms with Crippen LogP contribution < -0.4 is 20.8 Å². The summed E-state index contributed by atoms with van der Waals surface area (Å²) in [6, 6.07) is 9.50. The Bertz CT molecular complexity index is 2550. The van der Waals surface area contributed by atoms with Gasteiger partial charge < -0.3 is 41.0 Å². The molecule has 0 amide bonds. The van der Waals surface area contributed by atoms with Crippen LogP contribution in [0.5, 0.6) is 11.5 Å². The molecule has 0 saturated heterocycles. The summed E-state index contributed by atoms with van der Waals surface area (Å²) in [5, 5.41) is 67.0. The molecule has 2 aliphatic rings. The van der Waals surface area contributed by atoms with Gasteiger partial charge in [-0.1, -0.05) is 24.3 Å². The van der Waals surface area contributed by atoms with E-state index in [4.69, 9.17) is 20.8 Å². The van der Waals surface area contributed by atoms with Gasteiger partial charge in [0.15, 0.2) is 21.9 Å². The zero-order chi connectivity index (χ0) is 42.5. The smallest absolute Gasteiger partial charge is 0.526 e. The number of carboxylic acid groups (broad SMARTS) is 2. The normalized spacial score (nSPS) is 15.5. The second-order valence-corrected chi connectivity index (χ2v) is 15.6. The highest BCUT2D eigenvalue weighted by Crippen LogP contribution is 2.37. The van der Waals surface area contributed by atoms with Crippen molar-refractivity contribution in [1.29, 1.82) is 0 Å². The van der Waals surface area contributed by atoms with E-state index in [1.165, 1.54) is 44.3 Å². The zero-order valence-corrected chi connectivity index (χ0v) is 32.9. The number of para-hydroxylation sites is 2. The van der Waals surface area contributed by atoms with Crippen LogP contribution in [-0.2, 0) is 48.4 Å². The first-order valence-electron chi connectivity index (χ1n) is 18.1. The highest BCUT2D eigenvalue weighted by Gasteiger charge is 2.39. The van der Waals surface area contributed by atoms with Crippen molar-refractivity contribution in [3.63, 3.8) is 0 Å². The van der Waals surface area contributed by atoms with E-state index in [0.717, 1.165) is 0 Å². The minimum atomic E-state index is -1.28. The molecule has 22 nitrogen and oxygen atoms in total. The molecule has 0 bridgehead atoms. The van der Waals surface area contributed by atoms with Gasteiger partial charge in [-0.3, -0.25) is 9.59 Å². The lowest BCUT2D eigenvalue weighted by Gasteiger charge is -2.27. The van der Waals surface area contributed by atoms with Crippen LogP contribution in [0.3, 0.4) is 0 Å². The van der Waals surface area contributed by atoms with E-state index >= 15 is 0 Å². The van der Waals surface area contributed by atoms with Gasteiger partial charge in [0.2, 0.25) is 0 Å². The molecular weight excluding hydrogens is 822 g/mol. The molecule has 0 saturated carbocycles. The highest BCUT2D eigenvalue weighted by atomic mass is 32.1. The molecule has 60 heavy (non-hydrogen) atoms. The minimum Gasteiger partial charge on any atom is -0.535 e. The quantitative estimate of drug-likeness (QED) is 0.0828. The molecule has 8 rings (SSSR count). The van der Waals surface area contributed by atoms with Crippen molar-refractivity contribution in [1.82, 2.24) is 50.4 Å². The maximum absolute atomic E-state index is 12.6. The number of aromatic carboxylic acids is 2. The lowest BCUT2D eigenvalue weighted by Crippen LogP contribution is -2.36. The van der Waals surface area contributed by atoms with E-state index in [2.05, 4.69) is 40.9 Å². The molecule has 0 unspecified atom stereocenters. The molecule has 6 aromatic rings. The number of ketones is 2. The van der Waals surface area contributed by atoms with Crippen molar-refractivity contribution in [2.24, 2.45) is 0 Å².